The molecule has 25 heavy (non-hydrogen) atoms. The summed E-state index contributed by atoms with van der Waals surface area (Å²) in [7, 11) is 0. The van der Waals surface area contributed by atoms with E-state index in [2.05, 4.69) is 21.5 Å². The highest BCUT2D eigenvalue weighted by atomic mass is 32.1. The van der Waals surface area contributed by atoms with E-state index in [1.165, 1.54) is 0 Å². The maximum atomic E-state index is 13.0. The van der Waals surface area contributed by atoms with Gasteiger partial charge in [0.05, 0.1) is 22.0 Å². The number of rotatable bonds is 4. The zero-order valence-electron chi connectivity index (χ0n) is 14.6. The predicted molar refractivity (Wildman–Crippen MR) is 100 cm³/mol. The summed E-state index contributed by atoms with van der Waals surface area (Å²) < 4.78 is 3.01. The molecule has 1 unspecified atom stereocenters. The fraction of sp³-hybridized carbons (Fsp3) is 0.421. The minimum atomic E-state index is -0.121. The number of benzene rings is 1. The van der Waals surface area contributed by atoms with Crippen molar-refractivity contribution in [2.24, 2.45) is 0 Å². The predicted octanol–water partition coefficient (Wildman–Crippen LogP) is 3.88. The van der Waals surface area contributed by atoms with E-state index in [-0.39, 0.29) is 11.9 Å². The molecule has 1 N–H and O–H groups in total. The number of hydrogen-bond acceptors (Lipinski definition) is 4. The quantitative estimate of drug-likeness (QED) is 0.773. The third kappa shape index (κ3) is 2.95. The molecular weight excluding hydrogens is 332 g/mol. The molecule has 1 amide bonds. The van der Waals surface area contributed by atoms with E-state index >= 15 is 0 Å². The lowest BCUT2D eigenvalue weighted by atomic mass is 9.95. The SMILES string of the molecule is CCn1nc2c(c1C(=O)NC(C)c1nc3ccccc3s1)CCCC2. The van der Waals surface area contributed by atoms with E-state index in [1.54, 1.807) is 11.3 Å². The van der Waals surface area contributed by atoms with Gasteiger partial charge in [-0.15, -0.1) is 11.3 Å². The molecule has 5 nitrogen and oxygen atoms in total. The number of nitrogens with zero attached hydrogens (tertiary/aromatic N) is 3. The normalized spacial score (nSPS) is 15.1. The first kappa shape index (κ1) is 16.3. The topological polar surface area (TPSA) is 59.8 Å². The van der Waals surface area contributed by atoms with Crippen LogP contribution in [0.15, 0.2) is 24.3 Å². The molecule has 0 radical (unpaired) electrons. The molecule has 0 fully saturated rings. The Labute approximate surface area is 151 Å². The van der Waals surface area contributed by atoms with Gasteiger partial charge in [-0.25, -0.2) is 4.98 Å². The summed E-state index contributed by atoms with van der Waals surface area (Å²) in [6, 6.07) is 7.95. The van der Waals surface area contributed by atoms with Crippen molar-refractivity contribution in [3.63, 3.8) is 0 Å². The number of thiazole rings is 1. The molecule has 0 aliphatic heterocycles. The van der Waals surface area contributed by atoms with Crippen molar-refractivity contribution >= 4 is 27.5 Å². The van der Waals surface area contributed by atoms with E-state index in [0.29, 0.717) is 6.54 Å². The van der Waals surface area contributed by atoms with Crippen LogP contribution in [0.3, 0.4) is 0 Å². The monoisotopic (exact) mass is 354 g/mol. The number of hydrogen-bond donors (Lipinski definition) is 1. The van der Waals surface area contributed by atoms with Crippen molar-refractivity contribution in [1.29, 1.82) is 0 Å². The second-order valence-corrected chi connectivity index (χ2v) is 7.57. The summed E-state index contributed by atoms with van der Waals surface area (Å²) in [6.45, 7) is 4.74. The van der Waals surface area contributed by atoms with Gasteiger partial charge >= 0.3 is 0 Å². The minimum Gasteiger partial charge on any atom is -0.342 e. The Morgan fingerprint density at radius 2 is 2.12 bits per heavy atom. The first-order chi connectivity index (χ1) is 12.2. The van der Waals surface area contributed by atoms with Crippen LogP contribution in [-0.2, 0) is 19.4 Å². The molecule has 1 aliphatic carbocycles. The van der Waals surface area contributed by atoms with Crippen LogP contribution >= 0.6 is 11.3 Å². The van der Waals surface area contributed by atoms with Crippen LogP contribution < -0.4 is 5.32 Å². The van der Waals surface area contributed by atoms with Crippen molar-refractivity contribution in [2.45, 2.75) is 52.1 Å². The van der Waals surface area contributed by atoms with E-state index in [0.717, 1.165) is 57.9 Å². The summed E-state index contributed by atoms with van der Waals surface area (Å²) in [5.74, 6) is -0.0377. The number of nitrogens with one attached hydrogen (secondary N) is 1. The van der Waals surface area contributed by atoms with Crippen molar-refractivity contribution in [3.05, 3.63) is 46.2 Å². The van der Waals surface area contributed by atoms with Crippen molar-refractivity contribution in [3.8, 4) is 0 Å². The van der Waals surface area contributed by atoms with Crippen molar-refractivity contribution in [1.82, 2.24) is 20.1 Å². The summed E-state index contributed by atoms with van der Waals surface area (Å²) in [5.41, 5.74) is 3.97. The van der Waals surface area contributed by atoms with Crippen LogP contribution in [0.1, 0.15) is 59.5 Å². The highest BCUT2D eigenvalue weighted by molar-refractivity contribution is 7.18. The van der Waals surface area contributed by atoms with Crippen molar-refractivity contribution in [2.75, 3.05) is 0 Å². The van der Waals surface area contributed by atoms with E-state index < -0.39 is 0 Å². The van der Waals surface area contributed by atoms with Crippen LogP contribution in [0.2, 0.25) is 0 Å². The Balaban J connectivity index is 1.60. The molecule has 2 aromatic heterocycles. The van der Waals surface area contributed by atoms with E-state index in [1.807, 2.05) is 36.7 Å². The highest BCUT2D eigenvalue weighted by Gasteiger charge is 2.26. The maximum absolute atomic E-state index is 13.0. The molecule has 0 saturated heterocycles. The standard InChI is InChI=1S/C19H22N4OS/c1-3-23-17(13-8-4-5-9-14(13)22-23)18(24)20-12(2)19-21-15-10-6-7-11-16(15)25-19/h6-7,10-12H,3-5,8-9H2,1-2H3,(H,20,24). The van der Waals surface area contributed by atoms with Crippen molar-refractivity contribution < 1.29 is 4.79 Å². The summed E-state index contributed by atoms with van der Waals surface area (Å²) in [5, 5.41) is 8.72. The molecule has 130 valence electrons. The number of aromatic nitrogens is 3. The molecule has 6 heteroatoms. The smallest absolute Gasteiger partial charge is 0.270 e. The van der Waals surface area contributed by atoms with Gasteiger partial charge in [-0.05, 0) is 51.7 Å². The van der Waals surface area contributed by atoms with Crippen LogP contribution in [0, 0.1) is 0 Å². The molecule has 1 aromatic carbocycles. The van der Waals surface area contributed by atoms with E-state index in [4.69, 9.17) is 0 Å². The Morgan fingerprint density at radius 3 is 2.92 bits per heavy atom. The Hall–Kier alpha value is -2.21. The minimum absolute atomic E-state index is 0.0377. The largest absolute Gasteiger partial charge is 0.342 e. The average molecular weight is 354 g/mol. The van der Waals surface area contributed by atoms with E-state index in [9.17, 15) is 4.79 Å². The molecule has 3 aromatic rings. The van der Waals surface area contributed by atoms with Crippen LogP contribution in [0.4, 0.5) is 0 Å². The average Bonchev–Trinajstić information content (AvgIpc) is 3.22. The second kappa shape index (κ2) is 6.59. The fourth-order valence-corrected chi connectivity index (χ4v) is 4.46. The number of carbonyl (C=O) groups is 1. The Morgan fingerprint density at radius 1 is 1.32 bits per heavy atom. The maximum Gasteiger partial charge on any atom is 0.270 e. The zero-order valence-corrected chi connectivity index (χ0v) is 15.4. The lowest BCUT2D eigenvalue weighted by molar-refractivity contribution is 0.0928. The Bertz CT molecular complexity index is 894. The zero-order chi connectivity index (χ0) is 17.4. The molecule has 1 aliphatic rings. The summed E-state index contributed by atoms with van der Waals surface area (Å²) in [6.07, 6.45) is 4.23. The molecule has 2 heterocycles. The molecule has 1 atom stereocenters. The van der Waals surface area contributed by atoms with Gasteiger partial charge in [-0.1, -0.05) is 12.1 Å². The van der Waals surface area contributed by atoms with Gasteiger partial charge in [0, 0.05) is 12.1 Å². The molecule has 0 saturated carbocycles. The molecule has 4 rings (SSSR count). The third-order valence-electron chi connectivity index (χ3n) is 4.77. The van der Waals surface area contributed by atoms with Gasteiger partial charge in [0.2, 0.25) is 0 Å². The highest BCUT2D eigenvalue weighted by Crippen LogP contribution is 2.28. The van der Waals surface area contributed by atoms with Crippen LogP contribution in [-0.4, -0.2) is 20.7 Å². The molecular formula is C19H22N4OS. The summed E-state index contributed by atoms with van der Waals surface area (Å²) in [4.78, 5) is 17.6. The van der Waals surface area contributed by atoms with Crippen LogP contribution in [0.25, 0.3) is 10.2 Å². The lowest BCUT2D eigenvalue weighted by Crippen LogP contribution is -2.29. The van der Waals surface area contributed by atoms with Gasteiger partial charge in [-0.3, -0.25) is 9.48 Å². The lowest BCUT2D eigenvalue weighted by Gasteiger charge is -2.14. The first-order valence-electron chi connectivity index (χ1n) is 8.92. The van der Waals surface area contributed by atoms with Gasteiger partial charge in [0.15, 0.2) is 0 Å². The van der Waals surface area contributed by atoms with Crippen LogP contribution in [0.5, 0.6) is 0 Å². The van der Waals surface area contributed by atoms with Gasteiger partial charge in [0.1, 0.15) is 10.7 Å². The fourth-order valence-electron chi connectivity index (χ4n) is 3.49. The molecule has 0 spiro atoms. The van der Waals surface area contributed by atoms with Gasteiger partial charge < -0.3 is 5.32 Å². The first-order valence-corrected chi connectivity index (χ1v) is 9.74. The number of aryl methyl sites for hydroxylation is 2. The summed E-state index contributed by atoms with van der Waals surface area (Å²) >= 11 is 1.64. The third-order valence-corrected chi connectivity index (χ3v) is 5.99. The number of fused-ring (bicyclic) bond motifs is 2. The number of amides is 1. The molecule has 0 bridgehead atoms. The number of carbonyl (C=O) groups excluding carboxylic acids is 1. The van der Waals surface area contributed by atoms with Gasteiger partial charge in [0.25, 0.3) is 5.91 Å². The van der Waals surface area contributed by atoms with Gasteiger partial charge in [-0.2, -0.15) is 5.10 Å². The Kier molecular flexibility index (Phi) is 4.29. The second-order valence-electron chi connectivity index (χ2n) is 6.51. The number of para-hydroxylation sites is 1.